The summed E-state index contributed by atoms with van der Waals surface area (Å²) in [4.78, 5) is 0.0632. The van der Waals surface area contributed by atoms with E-state index in [2.05, 4.69) is 15.5 Å². The molecule has 9 heteroatoms. The van der Waals surface area contributed by atoms with Gasteiger partial charge in [0.2, 0.25) is 10.0 Å². The van der Waals surface area contributed by atoms with Gasteiger partial charge in [-0.1, -0.05) is 22.3 Å². The van der Waals surface area contributed by atoms with E-state index in [1.54, 1.807) is 12.1 Å². The fourth-order valence-electron chi connectivity index (χ4n) is 1.28. The third kappa shape index (κ3) is 2.96. The molecule has 0 bridgehead atoms. The first-order valence-electron chi connectivity index (χ1n) is 4.90. The van der Waals surface area contributed by atoms with Crippen molar-refractivity contribution < 1.29 is 12.8 Å². The number of hydrogen-bond donors (Lipinski definition) is 3. The normalized spacial score (nSPS) is 11.4. The Morgan fingerprint density at radius 2 is 1.89 bits per heavy atom. The van der Waals surface area contributed by atoms with Crippen LogP contribution >= 0.6 is 0 Å². The molecule has 0 amide bonds. The highest BCUT2D eigenvalue weighted by molar-refractivity contribution is 7.89. The van der Waals surface area contributed by atoms with Gasteiger partial charge in [0.05, 0.1) is 4.90 Å². The minimum absolute atomic E-state index is 0.0259. The van der Waals surface area contributed by atoms with E-state index in [1.165, 1.54) is 12.1 Å². The van der Waals surface area contributed by atoms with Gasteiger partial charge in [0, 0.05) is 6.54 Å². The Kier molecular flexibility index (Phi) is 3.17. The molecule has 96 valence electrons. The summed E-state index contributed by atoms with van der Waals surface area (Å²) in [6.07, 6.45) is 0. The molecule has 0 fully saturated rings. The van der Waals surface area contributed by atoms with Crippen LogP contribution in [0.25, 0.3) is 0 Å². The number of sulfonamides is 1. The number of hydrogen-bond acceptors (Lipinski definition) is 7. The average molecular weight is 269 g/mol. The lowest BCUT2D eigenvalue weighted by Crippen LogP contribution is -2.12. The van der Waals surface area contributed by atoms with Gasteiger partial charge >= 0.3 is 12.0 Å². The maximum absolute atomic E-state index is 11.0. The van der Waals surface area contributed by atoms with Crippen LogP contribution in [0.3, 0.4) is 0 Å². The van der Waals surface area contributed by atoms with Crippen LogP contribution < -0.4 is 16.2 Å². The van der Waals surface area contributed by atoms with Crippen LogP contribution in [0.1, 0.15) is 5.56 Å². The largest absolute Gasteiger partial charge is 0.390 e. The molecule has 0 atom stereocenters. The van der Waals surface area contributed by atoms with E-state index < -0.39 is 10.0 Å². The minimum atomic E-state index is -3.66. The van der Waals surface area contributed by atoms with Crippen molar-refractivity contribution in [3.63, 3.8) is 0 Å². The first-order chi connectivity index (χ1) is 8.45. The highest BCUT2D eigenvalue weighted by Crippen LogP contribution is 2.11. The van der Waals surface area contributed by atoms with Gasteiger partial charge in [0.1, 0.15) is 0 Å². The first-order valence-corrected chi connectivity index (χ1v) is 6.44. The van der Waals surface area contributed by atoms with E-state index in [1.807, 2.05) is 0 Å². The Morgan fingerprint density at radius 1 is 1.22 bits per heavy atom. The van der Waals surface area contributed by atoms with E-state index in [-0.39, 0.29) is 16.9 Å². The van der Waals surface area contributed by atoms with Crippen molar-refractivity contribution in [2.75, 3.05) is 11.1 Å². The predicted molar refractivity (Wildman–Crippen MR) is 63.9 cm³/mol. The zero-order chi connectivity index (χ0) is 13.2. The number of nitrogens with zero attached hydrogens (tertiary/aromatic N) is 2. The van der Waals surface area contributed by atoms with Crippen LogP contribution in [0.15, 0.2) is 33.6 Å². The summed E-state index contributed by atoms with van der Waals surface area (Å²) in [7, 11) is -3.66. The molecule has 1 heterocycles. The summed E-state index contributed by atoms with van der Waals surface area (Å²) in [6.45, 7) is 0.395. The van der Waals surface area contributed by atoms with Crippen molar-refractivity contribution in [3.8, 4) is 0 Å². The molecule has 2 aromatic rings. The molecular formula is C9H11N5O3S. The zero-order valence-electron chi connectivity index (χ0n) is 9.20. The highest BCUT2D eigenvalue weighted by Gasteiger charge is 2.07. The topological polar surface area (TPSA) is 137 Å². The molecule has 0 saturated carbocycles. The van der Waals surface area contributed by atoms with Crippen molar-refractivity contribution in [3.05, 3.63) is 29.8 Å². The first kappa shape index (κ1) is 12.3. The van der Waals surface area contributed by atoms with Gasteiger partial charge in [-0.2, -0.15) is 0 Å². The van der Waals surface area contributed by atoms with Crippen LogP contribution in [-0.2, 0) is 16.6 Å². The zero-order valence-corrected chi connectivity index (χ0v) is 10.0. The number of primary sulfonamides is 1. The Bertz CT molecular complexity index is 634. The Labute approximate surface area is 103 Å². The SMILES string of the molecule is Nc1nnc(NCc2ccc(S(N)(=O)=O)cc2)o1. The molecule has 0 aliphatic carbocycles. The highest BCUT2D eigenvalue weighted by atomic mass is 32.2. The molecule has 5 N–H and O–H groups in total. The van der Waals surface area contributed by atoms with Gasteiger partial charge in [-0.15, -0.1) is 0 Å². The molecule has 0 saturated heterocycles. The second-order valence-corrected chi connectivity index (χ2v) is 5.05. The number of nitrogens with one attached hydrogen (secondary N) is 1. The van der Waals surface area contributed by atoms with Crippen LogP contribution in [0.4, 0.5) is 12.0 Å². The third-order valence-electron chi connectivity index (χ3n) is 2.14. The lowest BCUT2D eigenvalue weighted by atomic mass is 10.2. The number of nitrogens with two attached hydrogens (primary N) is 2. The molecule has 0 spiro atoms. The molecule has 0 aliphatic rings. The molecule has 0 radical (unpaired) electrons. The lowest BCUT2D eigenvalue weighted by molar-refractivity contribution is 0.586. The second-order valence-electron chi connectivity index (χ2n) is 3.49. The monoisotopic (exact) mass is 269 g/mol. The van der Waals surface area contributed by atoms with Crippen LogP contribution in [0.2, 0.25) is 0 Å². The van der Waals surface area contributed by atoms with Crippen molar-refractivity contribution >= 4 is 22.1 Å². The minimum Gasteiger partial charge on any atom is -0.390 e. The van der Waals surface area contributed by atoms with E-state index in [0.717, 1.165) is 5.56 Å². The van der Waals surface area contributed by atoms with Crippen LogP contribution in [0.5, 0.6) is 0 Å². The van der Waals surface area contributed by atoms with Crippen molar-refractivity contribution in [2.24, 2.45) is 5.14 Å². The van der Waals surface area contributed by atoms with Crippen molar-refractivity contribution in [1.29, 1.82) is 0 Å². The summed E-state index contributed by atoms with van der Waals surface area (Å²) < 4.78 is 27.0. The summed E-state index contributed by atoms with van der Waals surface area (Å²) in [5.41, 5.74) is 6.09. The number of anilines is 2. The third-order valence-corrected chi connectivity index (χ3v) is 3.07. The fourth-order valence-corrected chi connectivity index (χ4v) is 1.80. The number of nitrogen functional groups attached to an aromatic ring is 1. The summed E-state index contributed by atoms with van der Waals surface area (Å²) in [5, 5.41) is 14.9. The number of aromatic nitrogens is 2. The number of rotatable bonds is 4. The maximum atomic E-state index is 11.0. The van der Waals surface area contributed by atoms with Crippen LogP contribution in [0, 0.1) is 0 Å². The average Bonchev–Trinajstić information content (AvgIpc) is 2.72. The van der Waals surface area contributed by atoms with Crippen molar-refractivity contribution in [1.82, 2.24) is 10.2 Å². The lowest BCUT2D eigenvalue weighted by Gasteiger charge is -2.03. The smallest absolute Gasteiger partial charge is 0.317 e. The second kappa shape index (κ2) is 4.63. The molecule has 18 heavy (non-hydrogen) atoms. The van der Waals surface area contributed by atoms with E-state index in [4.69, 9.17) is 15.3 Å². The number of benzene rings is 1. The van der Waals surface area contributed by atoms with E-state index >= 15 is 0 Å². The molecule has 1 aromatic carbocycles. The molecule has 8 nitrogen and oxygen atoms in total. The van der Waals surface area contributed by atoms with E-state index in [9.17, 15) is 8.42 Å². The van der Waals surface area contributed by atoms with Crippen molar-refractivity contribution in [2.45, 2.75) is 11.4 Å². The molecule has 0 unspecified atom stereocenters. The maximum Gasteiger partial charge on any atom is 0.317 e. The molecule has 0 aliphatic heterocycles. The molecular weight excluding hydrogens is 258 g/mol. The standard InChI is InChI=1S/C9H11N5O3S/c10-8-13-14-9(17-8)12-5-6-1-3-7(4-2-6)18(11,15)16/h1-4H,5H2,(H2,10,13)(H,12,14)(H2,11,15,16). The quantitative estimate of drug-likeness (QED) is 0.705. The van der Waals surface area contributed by atoms with E-state index in [0.29, 0.717) is 6.54 Å². The van der Waals surface area contributed by atoms with Crippen LogP contribution in [-0.4, -0.2) is 18.6 Å². The van der Waals surface area contributed by atoms with Gasteiger partial charge in [0.15, 0.2) is 0 Å². The van der Waals surface area contributed by atoms with Gasteiger partial charge in [-0.05, 0) is 17.7 Å². The Hall–Kier alpha value is -2.13. The predicted octanol–water partition coefficient (Wildman–Crippen LogP) is -0.0887. The summed E-state index contributed by atoms with van der Waals surface area (Å²) in [6, 6.07) is 6.28. The fraction of sp³-hybridized carbons (Fsp3) is 0.111. The molecule has 2 rings (SSSR count). The summed E-state index contributed by atoms with van der Waals surface area (Å²) in [5.74, 6) is 0. The Morgan fingerprint density at radius 3 is 2.39 bits per heavy atom. The van der Waals surface area contributed by atoms with Gasteiger partial charge < -0.3 is 15.5 Å². The van der Waals surface area contributed by atoms with Gasteiger partial charge in [-0.3, -0.25) is 0 Å². The van der Waals surface area contributed by atoms with Gasteiger partial charge in [-0.25, -0.2) is 13.6 Å². The van der Waals surface area contributed by atoms with Gasteiger partial charge in [0.25, 0.3) is 0 Å². The summed E-state index contributed by atoms with van der Waals surface area (Å²) >= 11 is 0. The molecule has 1 aromatic heterocycles. The Balaban J connectivity index is 2.03.